The Bertz CT molecular complexity index is 1270. The van der Waals surface area contributed by atoms with E-state index >= 15 is 0 Å². The Kier molecular flexibility index (Phi) is 8.40. The molecule has 0 radical (unpaired) electrons. The van der Waals surface area contributed by atoms with Crippen LogP contribution in [0.5, 0.6) is 17.2 Å². The number of hydrogen-bond donors (Lipinski definition) is 1. The number of carbonyl (C=O) groups is 2. The summed E-state index contributed by atoms with van der Waals surface area (Å²) in [5, 5.41) is 2.69. The smallest absolute Gasteiger partial charge is 0.387 e. The zero-order valence-corrected chi connectivity index (χ0v) is 20.9. The van der Waals surface area contributed by atoms with E-state index < -0.39 is 18.3 Å². The van der Waals surface area contributed by atoms with Gasteiger partial charge < -0.3 is 24.4 Å². The lowest BCUT2D eigenvalue weighted by molar-refractivity contribution is -0.0498. The van der Waals surface area contributed by atoms with Crippen molar-refractivity contribution in [1.82, 2.24) is 4.90 Å². The lowest BCUT2D eigenvalue weighted by atomic mass is 9.89. The summed E-state index contributed by atoms with van der Waals surface area (Å²) in [6.45, 7) is -1.82. The molecule has 3 aromatic carbocycles. The summed E-state index contributed by atoms with van der Waals surface area (Å²) in [5.74, 6) is -1.06. The van der Waals surface area contributed by atoms with Gasteiger partial charge in [-0.3, -0.25) is 9.59 Å². The van der Waals surface area contributed by atoms with E-state index in [1.165, 1.54) is 44.6 Å². The van der Waals surface area contributed by atoms with Gasteiger partial charge in [-0.05, 0) is 72.9 Å². The van der Waals surface area contributed by atoms with Crippen molar-refractivity contribution in [3.8, 4) is 17.2 Å². The van der Waals surface area contributed by atoms with Gasteiger partial charge in [-0.25, -0.2) is 4.39 Å². The number of nitrogens with zero attached hydrogens (tertiary/aromatic N) is 1. The maximum atomic E-state index is 14.4. The van der Waals surface area contributed by atoms with Crippen molar-refractivity contribution in [1.29, 1.82) is 0 Å². The maximum Gasteiger partial charge on any atom is 0.387 e. The first-order valence-electron chi connectivity index (χ1n) is 12.0. The van der Waals surface area contributed by atoms with E-state index in [2.05, 4.69) is 10.1 Å². The molecule has 1 N–H and O–H groups in total. The maximum absolute atomic E-state index is 14.4. The number of methoxy groups -OCH3 is 2. The van der Waals surface area contributed by atoms with Crippen LogP contribution in [-0.4, -0.2) is 50.6 Å². The number of likely N-dealkylation sites (tertiary alicyclic amines) is 1. The predicted molar refractivity (Wildman–Crippen MR) is 135 cm³/mol. The van der Waals surface area contributed by atoms with E-state index in [9.17, 15) is 22.8 Å². The number of halogens is 3. The summed E-state index contributed by atoms with van der Waals surface area (Å²) in [6.07, 6.45) is 1.49. The van der Waals surface area contributed by atoms with Gasteiger partial charge >= 0.3 is 6.61 Å². The lowest BCUT2D eigenvalue weighted by Gasteiger charge is -2.32. The fourth-order valence-corrected chi connectivity index (χ4v) is 4.52. The van der Waals surface area contributed by atoms with E-state index in [0.29, 0.717) is 24.3 Å². The quantitative estimate of drug-likeness (QED) is 0.405. The molecule has 2 amide bonds. The summed E-state index contributed by atoms with van der Waals surface area (Å²) in [7, 11) is 2.74. The number of rotatable bonds is 8. The predicted octanol–water partition coefficient (Wildman–Crippen LogP) is 5.72. The van der Waals surface area contributed by atoms with Gasteiger partial charge in [0, 0.05) is 24.3 Å². The highest BCUT2D eigenvalue weighted by Gasteiger charge is 2.25. The Morgan fingerprint density at radius 1 is 0.921 bits per heavy atom. The fourth-order valence-electron chi connectivity index (χ4n) is 4.52. The first kappa shape index (κ1) is 26.8. The Labute approximate surface area is 218 Å². The lowest BCUT2D eigenvalue weighted by Crippen LogP contribution is -2.37. The van der Waals surface area contributed by atoms with Crippen LogP contribution >= 0.6 is 0 Å². The zero-order valence-electron chi connectivity index (χ0n) is 20.9. The standard InChI is InChI=1S/C28H27F3N2O5/c1-36-23-12-11-22(29)24(25(23)37-2)26(34)32-20-7-3-17(4-8-20)18-13-15-33(16-14-18)27(35)19-5-9-21(10-6-19)38-28(30)31/h3-12,18,28H,13-16H2,1-2H3,(H,32,34). The zero-order chi connectivity index (χ0) is 27.2. The van der Waals surface area contributed by atoms with Crippen LogP contribution in [0.15, 0.2) is 60.7 Å². The number of anilines is 1. The normalized spacial score (nSPS) is 13.8. The highest BCUT2D eigenvalue weighted by Crippen LogP contribution is 2.34. The Morgan fingerprint density at radius 2 is 1.58 bits per heavy atom. The molecule has 0 atom stereocenters. The summed E-state index contributed by atoms with van der Waals surface area (Å²) in [6, 6.07) is 15.5. The SMILES string of the molecule is COc1ccc(F)c(C(=O)Nc2ccc(C3CCN(C(=O)c4ccc(OC(F)F)cc4)CC3)cc2)c1OC. The van der Waals surface area contributed by atoms with E-state index in [0.717, 1.165) is 24.5 Å². The average molecular weight is 529 g/mol. The number of hydrogen-bond acceptors (Lipinski definition) is 5. The van der Waals surface area contributed by atoms with Gasteiger partial charge in [-0.2, -0.15) is 8.78 Å². The third-order valence-electron chi connectivity index (χ3n) is 6.47. The Hall–Kier alpha value is -4.21. The van der Waals surface area contributed by atoms with Gasteiger partial charge in [0.15, 0.2) is 11.5 Å². The molecule has 1 aliphatic heterocycles. The van der Waals surface area contributed by atoms with Crippen LogP contribution in [0.3, 0.4) is 0 Å². The van der Waals surface area contributed by atoms with Crippen molar-refractivity contribution >= 4 is 17.5 Å². The first-order chi connectivity index (χ1) is 18.3. The van der Waals surface area contributed by atoms with Crippen LogP contribution in [0.1, 0.15) is 45.0 Å². The third-order valence-corrected chi connectivity index (χ3v) is 6.47. The monoisotopic (exact) mass is 528 g/mol. The van der Waals surface area contributed by atoms with E-state index in [1.807, 2.05) is 12.1 Å². The molecule has 200 valence electrons. The summed E-state index contributed by atoms with van der Waals surface area (Å²) < 4.78 is 53.7. The number of nitrogens with one attached hydrogen (secondary N) is 1. The van der Waals surface area contributed by atoms with Crippen molar-refractivity contribution in [2.24, 2.45) is 0 Å². The molecule has 38 heavy (non-hydrogen) atoms. The van der Waals surface area contributed by atoms with Crippen LogP contribution in [-0.2, 0) is 0 Å². The molecule has 1 aliphatic rings. The number of amides is 2. The molecule has 1 saturated heterocycles. The van der Waals surface area contributed by atoms with E-state index in [4.69, 9.17) is 9.47 Å². The minimum atomic E-state index is -2.92. The summed E-state index contributed by atoms with van der Waals surface area (Å²) >= 11 is 0. The molecule has 4 rings (SSSR count). The van der Waals surface area contributed by atoms with Gasteiger partial charge in [0.2, 0.25) is 0 Å². The molecule has 0 unspecified atom stereocenters. The summed E-state index contributed by atoms with van der Waals surface area (Å²) in [5.41, 5.74) is 1.72. The molecule has 1 fully saturated rings. The third kappa shape index (κ3) is 6.01. The van der Waals surface area contributed by atoms with Crippen molar-refractivity contribution in [3.05, 3.63) is 83.2 Å². The molecular formula is C28H27F3N2O5. The molecule has 0 aromatic heterocycles. The number of piperidine rings is 1. The number of alkyl halides is 2. The van der Waals surface area contributed by atoms with Crippen molar-refractivity contribution in [2.45, 2.75) is 25.4 Å². The Morgan fingerprint density at radius 3 is 2.16 bits per heavy atom. The van der Waals surface area contributed by atoms with Crippen molar-refractivity contribution in [3.63, 3.8) is 0 Å². The first-order valence-corrected chi connectivity index (χ1v) is 12.0. The number of carbonyl (C=O) groups excluding carboxylic acids is 2. The Balaban J connectivity index is 1.35. The molecule has 0 bridgehead atoms. The highest BCUT2D eigenvalue weighted by atomic mass is 19.3. The molecule has 0 aliphatic carbocycles. The molecule has 10 heteroatoms. The van der Waals surface area contributed by atoms with Crippen LogP contribution in [0, 0.1) is 5.82 Å². The second-order valence-electron chi connectivity index (χ2n) is 8.70. The van der Waals surface area contributed by atoms with Crippen LogP contribution in [0.4, 0.5) is 18.9 Å². The topological polar surface area (TPSA) is 77.1 Å². The fraction of sp³-hybridized carbons (Fsp3) is 0.286. The number of benzene rings is 3. The van der Waals surface area contributed by atoms with E-state index in [1.54, 1.807) is 17.0 Å². The van der Waals surface area contributed by atoms with Crippen LogP contribution in [0.25, 0.3) is 0 Å². The largest absolute Gasteiger partial charge is 0.493 e. The number of ether oxygens (including phenoxy) is 3. The highest BCUT2D eigenvalue weighted by molar-refractivity contribution is 6.07. The van der Waals surface area contributed by atoms with Gasteiger partial charge in [0.25, 0.3) is 11.8 Å². The minimum absolute atomic E-state index is 0.00246. The second-order valence-corrected chi connectivity index (χ2v) is 8.70. The van der Waals surface area contributed by atoms with Crippen molar-refractivity contribution < 1.29 is 37.0 Å². The van der Waals surface area contributed by atoms with Crippen LogP contribution < -0.4 is 19.5 Å². The van der Waals surface area contributed by atoms with Gasteiger partial charge in [-0.1, -0.05) is 12.1 Å². The second kappa shape index (κ2) is 11.9. The van der Waals surface area contributed by atoms with Crippen LogP contribution in [0.2, 0.25) is 0 Å². The minimum Gasteiger partial charge on any atom is -0.493 e. The molecule has 3 aromatic rings. The van der Waals surface area contributed by atoms with Crippen molar-refractivity contribution in [2.75, 3.05) is 32.6 Å². The van der Waals surface area contributed by atoms with Gasteiger partial charge in [0.1, 0.15) is 17.1 Å². The van der Waals surface area contributed by atoms with Gasteiger partial charge in [-0.15, -0.1) is 0 Å². The molecule has 7 nitrogen and oxygen atoms in total. The molecular weight excluding hydrogens is 501 g/mol. The average Bonchev–Trinajstić information content (AvgIpc) is 2.93. The van der Waals surface area contributed by atoms with E-state index in [-0.39, 0.29) is 34.6 Å². The molecule has 0 saturated carbocycles. The molecule has 1 heterocycles. The van der Waals surface area contributed by atoms with Gasteiger partial charge in [0.05, 0.1) is 14.2 Å². The molecule has 0 spiro atoms. The summed E-state index contributed by atoms with van der Waals surface area (Å²) in [4.78, 5) is 27.3.